The van der Waals surface area contributed by atoms with Crippen LogP contribution in [0.25, 0.3) is 0 Å². The number of ketones is 1. The number of methoxy groups -OCH3 is 1. The number of carbonyl (C=O) groups excluding carboxylic acids is 1. The molecule has 2 saturated carbocycles. The first-order chi connectivity index (χ1) is 16.8. The van der Waals surface area contributed by atoms with Gasteiger partial charge in [-0.05, 0) is 95.6 Å². The SMILES string of the molecule is COc1ccc(C(O)OC(C)(C)CCCC(CCCC(C)(C)O)C2CCC3C(=O)CCCC32C)cc1. The smallest absolute Gasteiger partial charge is 0.181 e. The Kier molecular flexibility index (Phi) is 9.68. The zero-order valence-corrected chi connectivity index (χ0v) is 23.5. The van der Waals surface area contributed by atoms with Crippen molar-refractivity contribution in [1.29, 1.82) is 0 Å². The Morgan fingerprint density at radius 2 is 1.69 bits per heavy atom. The molecule has 3 rings (SSSR count). The highest BCUT2D eigenvalue weighted by Crippen LogP contribution is 2.58. The predicted octanol–water partition coefficient (Wildman–Crippen LogP) is 6.99. The lowest BCUT2D eigenvalue weighted by Crippen LogP contribution is -2.40. The van der Waals surface area contributed by atoms with Crippen LogP contribution in [0.3, 0.4) is 0 Å². The second kappa shape index (κ2) is 12.0. The largest absolute Gasteiger partial charge is 0.497 e. The fraction of sp³-hybridized carbons (Fsp3) is 0.774. The van der Waals surface area contributed by atoms with Crippen LogP contribution < -0.4 is 4.74 Å². The summed E-state index contributed by atoms with van der Waals surface area (Å²) in [5.74, 6) is 2.61. The van der Waals surface area contributed by atoms with Crippen LogP contribution >= 0.6 is 0 Å². The summed E-state index contributed by atoms with van der Waals surface area (Å²) in [5, 5.41) is 20.9. The van der Waals surface area contributed by atoms with Crippen molar-refractivity contribution in [1.82, 2.24) is 0 Å². The van der Waals surface area contributed by atoms with E-state index in [0.717, 1.165) is 75.5 Å². The van der Waals surface area contributed by atoms with E-state index in [0.29, 0.717) is 17.6 Å². The molecule has 5 heteroatoms. The Morgan fingerprint density at radius 1 is 1.06 bits per heavy atom. The number of carbonyl (C=O) groups is 1. The minimum Gasteiger partial charge on any atom is -0.497 e. The summed E-state index contributed by atoms with van der Waals surface area (Å²) in [5.41, 5.74) is -0.244. The van der Waals surface area contributed by atoms with Gasteiger partial charge >= 0.3 is 0 Å². The number of aliphatic hydroxyl groups excluding tert-OH is 1. The molecule has 0 aliphatic heterocycles. The summed E-state index contributed by atoms with van der Waals surface area (Å²) in [4.78, 5) is 12.7. The van der Waals surface area contributed by atoms with Crippen molar-refractivity contribution in [2.75, 3.05) is 7.11 Å². The lowest BCUT2D eigenvalue weighted by atomic mass is 9.61. The zero-order valence-electron chi connectivity index (χ0n) is 23.5. The van der Waals surface area contributed by atoms with Crippen molar-refractivity contribution in [2.45, 2.75) is 123 Å². The van der Waals surface area contributed by atoms with Crippen LogP contribution in [0.15, 0.2) is 24.3 Å². The second-order valence-electron chi connectivity index (χ2n) is 12.9. The van der Waals surface area contributed by atoms with E-state index in [1.54, 1.807) is 7.11 Å². The van der Waals surface area contributed by atoms with Crippen LogP contribution in [0.4, 0.5) is 0 Å². The van der Waals surface area contributed by atoms with Gasteiger partial charge in [-0.2, -0.15) is 0 Å². The standard InChI is InChI=1S/C31H50O5/c1-29(2,34)19-7-10-22(25-17-18-26-27(32)12-9-21-31(25,26)5)11-8-20-30(3,4)36-28(33)23-13-15-24(35-6)16-14-23/h13-16,22,25-26,28,33-34H,7-12,17-21H2,1-6H3. The first-order valence-corrected chi connectivity index (χ1v) is 14.1. The van der Waals surface area contributed by atoms with Crippen molar-refractivity contribution in [2.24, 2.45) is 23.2 Å². The topological polar surface area (TPSA) is 76.0 Å². The average Bonchev–Trinajstić information content (AvgIpc) is 3.15. The van der Waals surface area contributed by atoms with Gasteiger partial charge in [0.05, 0.1) is 18.3 Å². The lowest BCUT2D eigenvalue weighted by molar-refractivity contribution is -0.179. The minimum atomic E-state index is -0.976. The monoisotopic (exact) mass is 502 g/mol. The third-order valence-electron chi connectivity index (χ3n) is 9.05. The maximum atomic E-state index is 12.7. The molecule has 2 fully saturated rings. The molecule has 36 heavy (non-hydrogen) atoms. The summed E-state index contributed by atoms with van der Waals surface area (Å²) in [6.07, 6.45) is 10.1. The van der Waals surface area contributed by atoms with Crippen LogP contribution in [-0.2, 0) is 9.53 Å². The van der Waals surface area contributed by atoms with E-state index < -0.39 is 17.5 Å². The van der Waals surface area contributed by atoms with Crippen molar-refractivity contribution in [3.8, 4) is 5.75 Å². The lowest BCUT2D eigenvalue weighted by Gasteiger charge is -2.43. The van der Waals surface area contributed by atoms with E-state index in [2.05, 4.69) is 20.8 Å². The van der Waals surface area contributed by atoms with Gasteiger partial charge in [-0.1, -0.05) is 44.7 Å². The van der Waals surface area contributed by atoms with E-state index in [4.69, 9.17) is 9.47 Å². The van der Waals surface area contributed by atoms with Gasteiger partial charge in [0.1, 0.15) is 11.5 Å². The van der Waals surface area contributed by atoms with Gasteiger partial charge in [-0.15, -0.1) is 0 Å². The maximum absolute atomic E-state index is 12.7. The third kappa shape index (κ3) is 7.55. The van der Waals surface area contributed by atoms with Crippen LogP contribution in [0.2, 0.25) is 0 Å². The molecular weight excluding hydrogens is 452 g/mol. The molecule has 2 aliphatic carbocycles. The number of fused-ring (bicyclic) bond motifs is 1. The highest BCUT2D eigenvalue weighted by Gasteiger charge is 2.52. The molecule has 0 saturated heterocycles. The quantitative estimate of drug-likeness (QED) is 0.284. The molecule has 0 bridgehead atoms. The van der Waals surface area contributed by atoms with Gasteiger partial charge in [-0.3, -0.25) is 4.79 Å². The summed E-state index contributed by atoms with van der Waals surface area (Å²) >= 11 is 0. The normalized spacial score (nSPS) is 26.5. The molecule has 0 aromatic heterocycles. The van der Waals surface area contributed by atoms with E-state index in [1.165, 1.54) is 6.42 Å². The molecule has 5 nitrogen and oxygen atoms in total. The number of hydrogen-bond acceptors (Lipinski definition) is 5. The van der Waals surface area contributed by atoms with Crippen LogP contribution in [0.1, 0.15) is 117 Å². The molecule has 1 aromatic rings. The molecule has 1 aromatic carbocycles. The molecule has 0 spiro atoms. The van der Waals surface area contributed by atoms with Gasteiger partial charge in [-0.25, -0.2) is 0 Å². The number of rotatable bonds is 13. The van der Waals surface area contributed by atoms with Gasteiger partial charge in [0.15, 0.2) is 6.29 Å². The molecule has 2 aliphatic rings. The Morgan fingerprint density at radius 3 is 2.31 bits per heavy atom. The number of aliphatic hydroxyl groups is 2. The van der Waals surface area contributed by atoms with Crippen molar-refractivity contribution in [3.63, 3.8) is 0 Å². The number of Topliss-reactive ketones (excluding diaryl/α,β-unsaturated/α-hetero) is 1. The first-order valence-electron chi connectivity index (χ1n) is 14.1. The van der Waals surface area contributed by atoms with E-state index >= 15 is 0 Å². The van der Waals surface area contributed by atoms with Crippen LogP contribution in [0.5, 0.6) is 5.75 Å². The van der Waals surface area contributed by atoms with Crippen molar-refractivity contribution in [3.05, 3.63) is 29.8 Å². The molecule has 5 unspecified atom stereocenters. The Hall–Kier alpha value is -1.43. The number of hydrogen-bond donors (Lipinski definition) is 2. The minimum absolute atomic E-state index is 0.130. The summed E-state index contributed by atoms with van der Waals surface area (Å²) in [6, 6.07) is 7.33. The molecule has 0 heterocycles. The highest BCUT2D eigenvalue weighted by atomic mass is 16.6. The molecule has 0 radical (unpaired) electrons. The van der Waals surface area contributed by atoms with Crippen LogP contribution in [-0.4, -0.2) is 34.3 Å². The van der Waals surface area contributed by atoms with Gasteiger partial charge < -0.3 is 19.7 Å². The zero-order chi connectivity index (χ0) is 26.6. The second-order valence-corrected chi connectivity index (χ2v) is 12.9. The van der Waals surface area contributed by atoms with Gasteiger partial charge in [0.25, 0.3) is 0 Å². The summed E-state index contributed by atoms with van der Waals surface area (Å²) < 4.78 is 11.3. The van der Waals surface area contributed by atoms with E-state index in [9.17, 15) is 15.0 Å². The Balaban J connectivity index is 1.61. The van der Waals surface area contributed by atoms with E-state index in [-0.39, 0.29) is 11.3 Å². The highest BCUT2D eigenvalue weighted by molar-refractivity contribution is 5.83. The van der Waals surface area contributed by atoms with Crippen molar-refractivity contribution < 1.29 is 24.5 Å². The predicted molar refractivity (Wildman–Crippen MR) is 144 cm³/mol. The Labute approximate surface area is 219 Å². The average molecular weight is 503 g/mol. The van der Waals surface area contributed by atoms with Crippen molar-refractivity contribution >= 4 is 5.78 Å². The third-order valence-corrected chi connectivity index (χ3v) is 9.05. The molecule has 2 N–H and O–H groups in total. The number of ether oxygens (including phenoxy) is 2. The van der Waals surface area contributed by atoms with Gasteiger partial charge in [0.2, 0.25) is 0 Å². The summed E-state index contributed by atoms with van der Waals surface area (Å²) in [7, 11) is 1.63. The van der Waals surface area contributed by atoms with Crippen LogP contribution in [0, 0.1) is 23.2 Å². The number of benzene rings is 1. The molecule has 0 amide bonds. The molecule has 204 valence electrons. The Bertz CT molecular complexity index is 840. The maximum Gasteiger partial charge on any atom is 0.181 e. The molecule has 5 atom stereocenters. The van der Waals surface area contributed by atoms with E-state index in [1.807, 2.05) is 38.1 Å². The molecular formula is C31H50O5. The fourth-order valence-corrected chi connectivity index (χ4v) is 7.08. The first kappa shape index (κ1) is 29.1. The van der Waals surface area contributed by atoms with Gasteiger partial charge in [0, 0.05) is 17.9 Å². The summed E-state index contributed by atoms with van der Waals surface area (Å²) in [6.45, 7) is 10.3. The fourth-order valence-electron chi connectivity index (χ4n) is 7.08.